The largest absolute Gasteiger partial charge is 0.478 e. The van der Waals surface area contributed by atoms with Gasteiger partial charge in [-0.2, -0.15) is 0 Å². The molecule has 1 aromatic heterocycles. The molecule has 2 aromatic carbocycles. The minimum absolute atomic E-state index is 0. The maximum absolute atomic E-state index is 11.3. The zero-order valence-electron chi connectivity index (χ0n) is 17.5. The number of hydrogen-bond acceptors (Lipinski definition) is 5. The van der Waals surface area contributed by atoms with Crippen molar-refractivity contribution in [2.24, 2.45) is 0 Å². The van der Waals surface area contributed by atoms with Crippen LogP contribution in [0.2, 0.25) is 10.2 Å². The van der Waals surface area contributed by atoms with Crippen molar-refractivity contribution in [3.05, 3.63) is 87.2 Å². The molecule has 3 aromatic rings. The number of carboxylic acid groups (broad SMARTS) is 1. The van der Waals surface area contributed by atoms with Crippen molar-refractivity contribution < 1.29 is 19.7 Å². The molecule has 9 heteroatoms. The zero-order chi connectivity index (χ0) is 22.7. The third-order valence-corrected chi connectivity index (χ3v) is 6.10. The summed E-state index contributed by atoms with van der Waals surface area (Å²) < 4.78 is 5.89. The first kappa shape index (κ1) is 25.3. The van der Waals surface area contributed by atoms with E-state index in [2.05, 4.69) is 10.3 Å². The fraction of sp³-hybridized carbons (Fsp3) is 0.250. The summed E-state index contributed by atoms with van der Waals surface area (Å²) in [6, 6.07) is 14.2. The Morgan fingerprint density at radius 1 is 1.12 bits per heavy atom. The third kappa shape index (κ3) is 6.37. The van der Waals surface area contributed by atoms with E-state index in [4.69, 9.17) is 27.9 Å². The summed E-state index contributed by atoms with van der Waals surface area (Å²) >= 11 is 11.7. The summed E-state index contributed by atoms with van der Waals surface area (Å²) in [6.07, 6.45) is 3.62. The molecule has 0 fully saturated rings. The van der Waals surface area contributed by atoms with Gasteiger partial charge in [0, 0.05) is 24.3 Å². The van der Waals surface area contributed by atoms with Gasteiger partial charge in [0.2, 0.25) is 0 Å². The molecule has 0 amide bonds. The molecule has 0 aliphatic heterocycles. The molecule has 4 rings (SSSR count). The number of aryl methyl sites for hydroxylation is 1. The lowest BCUT2D eigenvalue weighted by atomic mass is 9.88. The maximum atomic E-state index is 11.3. The van der Waals surface area contributed by atoms with Crippen LogP contribution in [0.25, 0.3) is 0 Å². The predicted molar refractivity (Wildman–Crippen MR) is 130 cm³/mol. The first-order valence-corrected chi connectivity index (χ1v) is 11.0. The molecule has 33 heavy (non-hydrogen) atoms. The van der Waals surface area contributed by atoms with E-state index in [1.54, 1.807) is 24.4 Å². The number of aromatic carboxylic acids is 1. The monoisotopic (exact) mass is 508 g/mol. The van der Waals surface area contributed by atoms with Crippen LogP contribution in [0.4, 0.5) is 0 Å². The number of aromatic nitrogens is 1. The Morgan fingerprint density at radius 3 is 2.61 bits per heavy atom. The van der Waals surface area contributed by atoms with E-state index in [9.17, 15) is 15.0 Å². The Labute approximate surface area is 207 Å². The van der Waals surface area contributed by atoms with Crippen molar-refractivity contribution in [2.75, 3.05) is 6.54 Å². The summed E-state index contributed by atoms with van der Waals surface area (Å²) in [4.78, 5) is 15.3. The molecule has 0 saturated heterocycles. The minimum atomic E-state index is -1.10. The maximum Gasteiger partial charge on any atom is 0.337 e. The summed E-state index contributed by atoms with van der Waals surface area (Å²) in [5.74, 6) is -0.0522. The Hall–Kier alpha value is -2.35. The number of aliphatic hydroxyl groups is 1. The zero-order valence-corrected chi connectivity index (χ0v) is 19.8. The molecular formula is C24H23Cl3N2O4. The number of benzene rings is 2. The van der Waals surface area contributed by atoms with Gasteiger partial charge in [0.25, 0.3) is 0 Å². The van der Waals surface area contributed by atoms with Crippen molar-refractivity contribution in [1.29, 1.82) is 0 Å². The van der Waals surface area contributed by atoms with Crippen molar-refractivity contribution >= 4 is 41.6 Å². The van der Waals surface area contributed by atoms with Gasteiger partial charge >= 0.3 is 5.97 Å². The van der Waals surface area contributed by atoms with Crippen molar-refractivity contribution in [1.82, 2.24) is 10.3 Å². The van der Waals surface area contributed by atoms with Crippen LogP contribution in [0.5, 0.6) is 11.5 Å². The van der Waals surface area contributed by atoms with Crippen LogP contribution in [-0.2, 0) is 12.8 Å². The number of rotatable bonds is 7. The molecule has 2 atom stereocenters. The van der Waals surface area contributed by atoms with Gasteiger partial charge in [0.15, 0.2) is 0 Å². The number of nitrogens with one attached hydrogen (secondary N) is 1. The van der Waals surface area contributed by atoms with Gasteiger partial charge in [0.05, 0.1) is 16.7 Å². The van der Waals surface area contributed by atoms with Gasteiger partial charge in [0.1, 0.15) is 16.7 Å². The first-order valence-electron chi connectivity index (χ1n) is 10.2. The second kappa shape index (κ2) is 11.2. The average Bonchev–Trinajstić information content (AvgIpc) is 2.78. The van der Waals surface area contributed by atoms with Gasteiger partial charge in [-0.05, 0) is 66.8 Å². The fourth-order valence-corrected chi connectivity index (χ4v) is 4.13. The highest BCUT2D eigenvalue weighted by Gasteiger charge is 2.20. The molecule has 6 nitrogen and oxygen atoms in total. The van der Waals surface area contributed by atoms with Crippen molar-refractivity contribution in [2.45, 2.75) is 31.4 Å². The number of pyridine rings is 1. The van der Waals surface area contributed by atoms with Crippen LogP contribution in [0.3, 0.4) is 0 Å². The van der Waals surface area contributed by atoms with Gasteiger partial charge in [-0.1, -0.05) is 35.3 Å². The number of nitrogens with zero attached hydrogens (tertiary/aromatic N) is 1. The Morgan fingerprint density at radius 2 is 1.88 bits per heavy atom. The lowest BCUT2D eigenvalue weighted by Gasteiger charge is -2.27. The highest BCUT2D eigenvalue weighted by molar-refractivity contribution is 6.33. The van der Waals surface area contributed by atoms with Crippen LogP contribution in [0, 0.1) is 0 Å². The van der Waals surface area contributed by atoms with E-state index in [-0.39, 0.29) is 29.0 Å². The average molecular weight is 510 g/mol. The third-order valence-electron chi connectivity index (χ3n) is 5.55. The predicted octanol–water partition coefficient (Wildman–Crippen LogP) is 5.48. The highest BCUT2D eigenvalue weighted by Crippen LogP contribution is 2.30. The van der Waals surface area contributed by atoms with E-state index in [1.165, 1.54) is 23.3 Å². The Kier molecular flexibility index (Phi) is 8.57. The molecule has 174 valence electrons. The summed E-state index contributed by atoms with van der Waals surface area (Å²) in [5.41, 5.74) is 3.15. The summed E-state index contributed by atoms with van der Waals surface area (Å²) in [7, 11) is 0. The van der Waals surface area contributed by atoms with Gasteiger partial charge in [-0.15, -0.1) is 12.4 Å². The molecule has 0 spiro atoms. The molecule has 0 unspecified atom stereocenters. The smallest absolute Gasteiger partial charge is 0.337 e. The van der Waals surface area contributed by atoms with Gasteiger partial charge in [-0.25, -0.2) is 9.78 Å². The lowest BCUT2D eigenvalue weighted by molar-refractivity contribution is 0.0696. The summed E-state index contributed by atoms with van der Waals surface area (Å²) in [6.45, 7) is 0.419. The number of aliphatic hydroxyl groups excluding tert-OH is 1. The Balaban J connectivity index is 0.00000306. The van der Waals surface area contributed by atoms with E-state index >= 15 is 0 Å². The number of ether oxygens (including phenoxy) is 1. The lowest BCUT2D eigenvalue weighted by Crippen LogP contribution is -2.37. The molecule has 1 aliphatic carbocycles. The van der Waals surface area contributed by atoms with Crippen molar-refractivity contribution in [3.63, 3.8) is 0 Å². The molecule has 0 bridgehead atoms. The van der Waals surface area contributed by atoms with Crippen LogP contribution in [0.15, 0.2) is 54.7 Å². The van der Waals surface area contributed by atoms with E-state index in [0.717, 1.165) is 24.8 Å². The van der Waals surface area contributed by atoms with E-state index in [0.29, 0.717) is 23.2 Å². The number of carboxylic acids is 1. The normalized spacial score (nSPS) is 15.8. The highest BCUT2D eigenvalue weighted by atomic mass is 35.5. The van der Waals surface area contributed by atoms with Gasteiger partial charge < -0.3 is 20.3 Å². The second-order valence-electron chi connectivity index (χ2n) is 7.76. The number of hydrogen-bond donors (Lipinski definition) is 3. The van der Waals surface area contributed by atoms with Crippen LogP contribution < -0.4 is 10.1 Å². The van der Waals surface area contributed by atoms with E-state index in [1.807, 2.05) is 18.2 Å². The van der Waals surface area contributed by atoms with Crippen LogP contribution in [-0.4, -0.2) is 33.8 Å². The Bertz CT molecular complexity index is 1130. The number of halogens is 3. The van der Waals surface area contributed by atoms with Gasteiger partial charge in [-0.3, -0.25) is 0 Å². The minimum Gasteiger partial charge on any atom is -0.478 e. The quantitative estimate of drug-likeness (QED) is 0.365. The topological polar surface area (TPSA) is 91.7 Å². The molecule has 1 heterocycles. The fourth-order valence-electron chi connectivity index (χ4n) is 3.82. The molecule has 1 aliphatic rings. The van der Waals surface area contributed by atoms with Crippen molar-refractivity contribution in [3.8, 4) is 11.5 Å². The summed E-state index contributed by atoms with van der Waals surface area (Å²) in [5, 5.41) is 23.7. The molecule has 0 saturated carbocycles. The molecular weight excluding hydrogens is 487 g/mol. The first-order chi connectivity index (χ1) is 15.4. The van der Waals surface area contributed by atoms with Crippen LogP contribution >= 0.6 is 35.6 Å². The number of fused-ring (bicyclic) bond motifs is 1. The van der Waals surface area contributed by atoms with E-state index < -0.39 is 12.1 Å². The SMILES string of the molecule is Cl.O=C(O)c1cc(Oc2ccc3c(c2)C[C@@H](NC[C@@H](O)c2ccc(Cl)nc2)CC3)ccc1Cl. The number of carbonyl (C=O) groups is 1. The van der Waals surface area contributed by atoms with Crippen LogP contribution in [0.1, 0.15) is 39.6 Å². The second-order valence-corrected chi connectivity index (χ2v) is 8.55. The molecule has 3 N–H and O–H groups in total. The standard InChI is InChI=1S/C24H22Cl2N2O4.ClH/c25-21-7-6-19(11-20(21)24(30)31)32-18-5-2-14-1-4-17(9-16(14)10-18)27-13-22(29)15-3-8-23(26)28-12-15;/h2-3,5-8,10-12,17,22,27,29H,1,4,9,13H2,(H,30,31);1H/t17-,22+;/m0./s1. The molecule has 0 radical (unpaired) electrons.